The zero-order valence-electron chi connectivity index (χ0n) is 16.0. The number of aromatic nitrogens is 1. The number of hydrogen-bond donors (Lipinski definition) is 0. The van der Waals surface area contributed by atoms with Crippen LogP contribution in [0.1, 0.15) is 27.0 Å². The molecule has 1 aromatic heterocycles. The minimum Gasteiger partial charge on any atom is -0.308 e. The van der Waals surface area contributed by atoms with E-state index >= 15 is 0 Å². The van der Waals surface area contributed by atoms with Crippen LogP contribution in [0.4, 0.5) is 5.13 Å². The zero-order valence-corrected chi connectivity index (χ0v) is 16.8. The normalized spacial score (nSPS) is 11.0. The largest absolute Gasteiger partial charge is 0.308 e. The van der Waals surface area contributed by atoms with Gasteiger partial charge >= 0.3 is 0 Å². The molecule has 0 radical (unpaired) electrons. The van der Waals surface area contributed by atoms with Gasteiger partial charge in [-0.15, -0.1) is 0 Å². The van der Waals surface area contributed by atoms with Gasteiger partial charge in [-0.3, -0.25) is 9.69 Å². The predicted molar refractivity (Wildman–Crippen MR) is 110 cm³/mol. The summed E-state index contributed by atoms with van der Waals surface area (Å²) < 4.78 is 1.08. The maximum atomic E-state index is 13.2. The van der Waals surface area contributed by atoms with E-state index in [0.29, 0.717) is 22.8 Å². The number of anilines is 1. The van der Waals surface area contributed by atoms with E-state index in [9.17, 15) is 4.79 Å². The van der Waals surface area contributed by atoms with Crippen LogP contribution in [0.5, 0.6) is 0 Å². The van der Waals surface area contributed by atoms with Crippen LogP contribution in [0.3, 0.4) is 0 Å². The first-order valence-electron chi connectivity index (χ1n) is 8.74. The molecule has 0 aliphatic heterocycles. The number of hydrogen-bond acceptors (Lipinski definition) is 5. The van der Waals surface area contributed by atoms with E-state index in [4.69, 9.17) is 10.2 Å². The van der Waals surface area contributed by atoms with Gasteiger partial charge in [-0.05, 0) is 69.4 Å². The highest BCUT2D eigenvalue weighted by Gasteiger charge is 2.22. The van der Waals surface area contributed by atoms with Gasteiger partial charge in [-0.2, -0.15) is 5.26 Å². The quantitative estimate of drug-likeness (QED) is 0.673. The summed E-state index contributed by atoms with van der Waals surface area (Å²) in [7, 11) is 3.96. The second kappa shape index (κ2) is 7.87. The third-order valence-electron chi connectivity index (χ3n) is 4.58. The van der Waals surface area contributed by atoms with Gasteiger partial charge < -0.3 is 4.90 Å². The molecule has 0 fully saturated rings. The third kappa shape index (κ3) is 4.00. The molecule has 0 N–H and O–H groups in total. The van der Waals surface area contributed by atoms with Crippen molar-refractivity contribution < 1.29 is 4.79 Å². The number of carbonyl (C=O) groups excluding carboxylic acids is 1. The standard InChI is InChI=1S/C21H22N4OS/c1-14-5-10-18-19(15(14)2)23-21(27-18)25(12-11-24(3)4)20(26)17-8-6-16(13-22)7-9-17/h5-10H,11-12H2,1-4H3. The molecule has 0 bridgehead atoms. The summed E-state index contributed by atoms with van der Waals surface area (Å²) in [5.41, 5.74) is 4.39. The summed E-state index contributed by atoms with van der Waals surface area (Å²) in [6, 6.07) is 13.0. The van der Waals surface area contributed by atoms with Gasteiger partial charge in [0, 0.05) is 18.7 Å². The maximum absolute atomic E-state index is 13.2. The van der Waals surface area contributed by atoms with Crippen LogP contribution in [0.2, 0.25) is 0 Å². The SMILES string of the molecule is Cc1ccc2sc(N(CCN(C)C)C(=O)c3ccc(C#N)cc3)nc2c1C. The van der Waals surface area contributed by atoms with Gasteiger partial charge in [0.2, 0.25) is 0 Å². The van der Waals surface area contributed by atoms with Crippen LogP contribution in [0.25, 0.3) is 10.2 Å². The molecule has 27 heavy (non-hydrogen) atoms. The molecule has 5 nitrogen and oxygen atoms in total. The van der Waals surface area contributed by atoms with Gasteiger partial charge in [0.15, 0.2) is 5.13 Å². The molecule has 138 valence electrons. The smallest absolute Gasteiger partial charge is 0.260 e. The zero-order chi connectivity index (χ0) is 19.6. The van der Waals surface area contributed by atoms with Crippen molar-refractivity contribution in [1.82, 2.24) is 9.88 Å². The van der Waals surface area contributed by atoms with Crippen molar-refractivity contribution in [3.8, 4) is 6.07 Å². The van der Waals surface area contributed by atoms with Crippen molar-refractivity contribution in [3.63, 3.8) is 0 Å². The molecule has 0 saturated heterocycles. The fraction of sp³-hybridized carbons (Fsp3) is 0.286. The van der Waals surface area contributed by atoms with Crippen LogP contribution < -0.4 is 4.90 Å². The molecule has 0 aliphatic rings. The Balaban J connectivity index is 2.01. The molecule has 6 heteroatoms. The lowest BCUT2D eigenvalue weighted by Crippen LogP contribution is -2.36. The summed E-state index contributed by atoms with van der Waals surface area (Å²) in [6.07, 6.45) is 0. The van der Waals surface area contributed by atoms with Gasteiger partial charge in [-0.25, -0.2) is 4.98 Å². The fourth-order valence-corrected chi connectivity index (χ4v) is 3.81. The van der Waals surface area contributed by atoms with E-state index in [0.717, 1.165) is 22.3 Å². The Morgan fingerprint density at radius 1 is 1.11 bits per heavy atom. The number of amides is 1. The summed E-state index contributed by atoms with van der Waals surface area (Å²) in [6.45, 7) is 5.41. The molecule has 0 atom stereocenters. The molecule has 2 aromatic carbocycles. The molecule has 1 amide bonds. The number of rotatable bonds is 5. The van der Waals surface area contributed by atoms with E-state index in [1.165, 1.54) is 16.9 Å². The van der Waals surface area contributed by atoms with E-state index < -0.39 is 0 Å². The lowest BCUT2D eigenvalue weighted by atomic mass is 10.1. The Kier molecular flexibility index (Phi) is 5.54. The number of benzene rings is 2. The highest BCUT2D eigenvalue weighted by molar-refractivity contribution is 7.22. The predicted octanol–water partition coefficient (Wildman–Crippen LogP) is 3.99. The molecule has 0 saturated carbocycles. The fourth-order valence-electron chi connectivity index (χ4n) is 2.76. The van der Waals surface area contributed by atoms with Crippen molar-refractivity contribution in [3.05, 3.63) is 58.7 Å². The van der Waals surface area contributed by atoms with Gasteiger partial charge in [0.25, 0.3) is 5.91 Å². The van der Waals surface area contributed by atoms with E-state index in [-0.39, 0.29) is 5.91 Å². The van der Waals surface area contributed by atoms with E-state index in [1.54, 1.807) is 29.2 Å². The minimum absolute atomic E-state index is 0.102. The monoisotopic (exact) mass is 378 g/mol. The second-order valence-electron chi connectivity index (χ2n) is 6.80. The number of fused-ring (bicyclic) bond motifs is 1. The number of nitriles is 1. The Bertz CT molecular complexity index is 1020. The number of thiazole rings is 1. The minimum atomic E-state index is -0.102. The molecule has 0 spiro atoms. The second-order valence-corrected chi connectivity index (χ2v) is 7.81. The molecule has 0 aliphatic carbocycles. The van der Waals surface area contributed by atoms with Crippen LogP contribution >= 0.6 is 11.3 Å². The van der Waals surface area contributed by atoms with Crippen LogP contribution in [0.15, 0.2) is 36.4 Å². The lowest BCUT2D eigenvalue weighted by Gasteiger charge is -2.22. The molecular weight excluding hydrogens is 356 g/mol. The van der Waals surface area contributed by atoms with Crippen LogP contribution in [-0.4, -0.2) is 43.0 Å². The summed E-state index contributed by atoms with van der Waals surface area (Å²) in [5.74, 6) is -0.102. The first-order valence-corrected chi connectivity index (χ1v) is 9.56. The topological polar surface area (TPSA) is 60.2 Å². The summed E-state index contributed by atoms with van der Waals surface area (Å²) in [4.78, 5) is 21.7. The van der Waals surface area contributed by atoms with Crippen LogP contribution in [-0.2, 0) is 0 Å². The van der Waals surface area contributed by atoms with Crippen molar-refractivity contribution >= 4 is 32.6 Å². The van der Waals surface area contributed by atoms with Crippen molar-refractivity contribution in [2.75, 3.05) is 32.1 Å². The van der Waals surface area contributed by atoms with Gasteiger partial charge in [0.05, 0.1) is 21.8 Å². The molecule has 3 aromatic rings. The Hall–Kier alpha value is -2.75. The van der Waals surface area contributed by atoms with Crippen molar-refractivity contribution in [1.29, 1.82) is 5.26 Å². The average Bonchev–Trinajstić information content (AvgIpc) is 3.09. The van der Waals surface area contributed by atoms with Gasteiger partial charge in [-0.1, -0.05) is 17.4 Å². The average molecular weight is 379 g/mol. The molecular formula is C21H22N4OS. The van der Waals surface area contributed by atoms with Crippen LogP contribution in [0, 0.1) is 25.2 Å². The first-order chi connectivity index (χ1) is 12.9. The van der Waals surface area contributed by atoms with Gasteiger partial charge in [0.1, 0.15) is 0 Å². The summed E-state index contributed by atoms with van der Waals surface area (Å²) in [5, 5.41) is 9.67. The van der Waals surface area contributed by atoms with Crippen molar-refractivity contribution in [2.24, 2.45) is 0 Å². The maximum Gasteiger partial charge on any atom is 0.260 e. The third-order valence-corrected chi connectivity index (χ3v) is 5.62. The lowest BCUT2D eigenvalue weighted by molar-refractivity contribution is 0.0985. The summed E-state index contributed by atoms with van der Waals surface area (Å²) >= 11 is 1.53. The van der Waals surface area contributed by atoms with E-state index in [1.807, 2.05) is 19.0 Å². The number of carbonyl (C=O) groups is 1. The molecule has 3 rings (SSSR count). The number of nitrogens with zero attached hydrogens (tertiary/aromatic N) is 4. The number of likely N-dealkylation sites (N-methyl/N-ethyl adjacent to an activating group) is 1. The highest BCUT2D eigenvalue weighted by Crippen LogP contribution is 2.32. The highest BCUT2D eigenvalue weighted by atomic mass is 32.1. The molecule has 1 heterocycles. The Labute approximate surface area is 163 Å². The number of aryl methyl sites for hydroxylation is 2. The van der Waals surface area contributed by atoms with E-state index in [2.05, 4.69) is 32.0 Å². The molecule has 0 unspecified atom stereocenters. The van der Waals surface area contributed by atoms with Crippen molar-refractivity contribution in [2.45, 2.75) is 13.8 Å². The Morgan fingerprint density at radius 2 is 1.81 bits per heavy atom. The Morgan fingerprint density at radius 3 is 2.44 bits per heavy atom. The first kappa shape index (κ1) is 19.0.